The molecule has 160 valence electrons. The third-order valence-corrected chi connectivity index (χ3v) is 5.09. The summed E-state index contributed by atoms with van der Waals surface area (Å²) < 4.78 is 5.61. The molecule has 2 amide bonds. The van der Waals surface area contributed by atoms with Crippen molar-refractivity contribution in [2.45, 2.75) is 26.7 Å². The summed E-state index contributed by atoms with van der Waals surface area (Å²) in [6, 6.07) is 14.3. The molecule has 0 saturated carbocycles. The summed E-state index contributed by atoms with van der Waals surface area (Å²) in [4.78, 5) is 39.0. The molecule has 2 aromatic carbocycles. The summed E-state index contributed by atoms with van der Waals surface area (Å²) in [5, 5.41) is 7.93. The number of nitrogens with one attached hydrogen (secondary N) is 2. The van der Waals surface area contributed by atoms with Gasteiger partial charge in [-0.3, -0.25) is 14.4 Å². The maximum absolute atomic E-state index is 12.2. The molecule has 0 unspecified atom stereocenters. The highest BCUT2D eigenvalue weighted by atomic mass is 32.1. The SMILES string of the molecule is CC(=O)Nc1ccc(-c2csc(NC(=O)CCCOc3ccc(C(C)=O)cc3)n2)cc1. The van der Waals surface area contributed by atoms with E-state index in [1.807, 2.05) is 29.6 Å². The van der Waals surface area contributed by atoms with Crippen LogP contribution >= 0.6 is 11.3 Å². The quantitative estimate of drug-likeness (QED) is 0.371. The van der Waals surface area contributed by atoms with Gasteiger partial charge in [0.05, 0.1) is 12.3 Å². The van der Waals surface area contributed by atoms with E-state index in [2.05, 4.69) is 15.6 Å². The van der Waals surface area contributed by atoms with Crippen molar-refractivity contribution in [1.29, 1.82) is 0 Å². The van der Waals surface area contributed by atoms with E-state index in [9.17, 15) is 14.4 Å². The van der Waals surface area contributed by atoms with E-state index in [1.165, 1.54) is 25.2 Å². The molecule has 3 aromatic rings. The summed E-state index contributed by atoms with van der Waals surface area (Å²) in [7, 11) is 0. The topological polar surface area (TPSA) is 97.4 Å². The van der Waals surface area contributed by atoms with Crippen LogP contribution in [0.4, 0.5) is 10.8 Å². The molecule has 3 rings (SSSR count). The van der Waals surface area contributed by atoms with E-state index in [0.29, 0.717) is 35.9 Å². The number of thiazole rings is 1. The number of carbonyl (C=O) groups is 3. The van der Waals surface area contributed by atoms with Crippen LogP contribution in [-0.4, -0.2) is 29.2 Å². The van der Waals surface area contributed by atoms with Crippen LogP contribution in [0, 0.1) is 0 Å². The molecule has 0 radical (unpaired) electrons. The van der Waals surface area contributed by atoms with E-state index < -0.39 is 0 Å². The Morgan fingerprint density at radius 3 is 2.32 bits per heavy atom. The predicted molar refractivity (Wildman–Crippen MR) is 122 cm³/mol. The molecular formula is C23H23N3O4S. The molecule has 8 heteroatoms. The molecule has 1 aromatic heterocycles. The highest BCUT2D eigenvalue weighted by molar-refractivity contribution is 7.14. The Morgan fingerprint density at radius 1 is 0.968 bits per heavy atom. The number of amides is 2. The van der Waals surface area contributed by atoms with E-state index in [-0.39, 0.29) is 17.6 Å². The number of anilines is 2. The molecular weight excluding hydrogens is 414 g/mol. The van der Waals surface area contributed by atoms with Crippen molar-refractivity contribution >= 4 is 39.8 Å². The van der Waals surface area contributed by atoms with Gasteiger partial charge in [-0.2, -0.15) is 0 Å². The third kappa shape index (κ3) is 6.75. The average molecular weight is 438 g/mol. The van der Waals surface area contributed by atoms with Gasteiger partial charge in [-0.1, -0.05) is 12.1 Å². The van der Waals surface area contributed by atoms with Crippen LogP contribution in [0.15, 0.2) is 53.9 Å². The number of benzene rings is 2. The fourth-order valence-corrected chi connectivity index (χ4v) is 3.52. The van der Waals surface area contributed by atoms with Gasteiger partial charge in [0.25, 0.3) is 0 Å². The number of hydrogen-bond donors (Lipinski definition) is 2. The molecule has 0 fully saturated rings. The Morgan fingerprint density at radius 2 is 1.68 bits per heavy atom. The lowest BCUT2D eigenvalue weighted by Crippen LogP contribution is -2.12. The van der Waals surface area contributed by atoms with Gasteiger partial charge >= 0.3 is 0 Å². The van der Waals surface area contributed by atoms with E-state index >= 15 is 0 Å². The lowest BCUT2D eigenvalue weighted by atomic mass is 10.1. The first-order valence-electron chi connectivity index (χ1n) is 9.78. The van der Waals surface area contributed by atoms with Gasteiger partial charge in [-0.15, -0.1) is 11.3 Å². The first-order valence-corrected chi connectivity index (χ1v) is 10.7. The van der Waals surface area contributed by atoms with Crippen LogP contribution in [0.5, 0.6) is 5.75 Å². The molecule has 0 aliphatic heterocycles. The number of ketones is 1. The number of Topliss-reactive ketones (excluding diaryl/α,β-unsaturated/α-hetero) is 1. The minimum Gasteiger partial charge on any atom is -0.494 e. The van der Waals surface area contributed by atoms with E-state index in [1.54, 1.807) is 24.3 Å². The van der Waals surface area contributed by atoms with Gasteiger partial charge in [-0.05, 0) is 49.7 Å². The number of aromatic nitrogens is 1. The van der Waals surface area contributed by atoms with Crippen molar-refractivity contribution < 1.29 is 19.1 Å². The predicted octanol–water partition coefficient (Wildman–Crippen LogP) is 4.77. The first kappa shape index (κ1) is 22.2. The zero-order chi connectivity index (χ0) is 22.2. The van der Waals surface area contributed by atoms with Crippen LogP contribution in [0.3, 0.4) is 0 Å². The number of ether oxygens (including phenoxy) is 1. The summed E-state index contributed by atoms with van der Waals surface area (Å²) >= 11 is 1.36. The average Bonchev–Trinajstić information content (AvgIpc) is 3.20. The molecule has 0 bridgehead atoms. The lowest BCUT2D eigenvalue weighted by Gasteiger charge is -2.06. The maximum Gasteiger partial charge on any atom is 0.226 e. The summed E-state index contributed by atoms with van der Waals surface area (Å²) in [6.45, 7) is 3.38. The first-order chi connectivity index (χ1) is 14.9. The molecule has 2 N–H and O–H groups in total. The number of rotatable bonds is 9. The molecule has 1 heterocycles. The van der Waals surface area contributed by atoms with Crippen LogP contribution in [0.1, 0.15) is 37.0 Å². The van der Waals surface area contributed by atoms with E-state index in [0.717, 1.165) is 16.9 Å². The lowest BCUT2D eigenvalue weighted by molar-refractivity contribution is -0.116. The van der Waals surface area contributed by atoms with Gasteiger partial charge in [0.15, 0.2) is 10.9 Å². The van der Waals surface area contributed by atoms with Crippen molar-refractivity contribution in [2.24, 2.45) is 0 Å². The summed E-state index contributed by atoms with van der Waals surface area (Å²) in [5.74, 6) is 0.426. The van der Waals surface area contributed by atoms with Crippen LogP contribution < -0.4 is 15.4 Å². The Kier molecular flexibility index (Phi) is 7.50. The van der Waals surface area contributed by atoms with Gasteiger partial charge in [0.2, 0.25) is 11.8 Å². The molecule has 0 aliphatic carbocycles. The van der Waals surface area contributed by atoms with Crippen LogP contribution in [0.25, 0.3) is 11.3 Å². The summed E-state index contributed by atoms with van der Waals surface area (Å²) in [5.41, 5.74) is 3.01. The zero-order valence-electron chi connectivity index (χ0n) is 17.3. The van der Waals surface area contributed by atoms with Crippen molar-refractivity contribution in [3.05, 3.63) is 59.5 Å². The second kappa shape index (κ2) is 10.5. The molecule has 0 aliphatic rings. The fourth-order valence-electron chi connectivity index (χ4n) is 2.78. The molecule has 0 spiro atoms. The van der Waals surface area contributed by atoms with Crippen molar-refractivity contribution in [1.82, 2.24) is 4.98 Å². The number of carbonyl (C=O) groups excluding carboxylic acids is 3. The second-order valence-corrected chi connectivity index (χ2v) is 7.74. The monoisotopic (exact) mass is 437 g/mol. The Labute approximate surface area is 184 Å². The summed E-state index contributed by atoms with van der Waals surface area (Å²) in [6.07, 6.45) is 0.870. The Bertz CT molecular complexity index is 1060. The molecule has 7 nitrogen and oxygen atoms in total. The number of hydrogen-bond acceptors (Lipinski definition) is 6. The standard InChI is InChI=1S/C23H23N3O4S/c1-15(27)17-7-11-20(12-8-17)30-13-3-4-22(29)26-23-25-21(14-31-23)18-5-9-19(10-6-18)24-16(2)28/h5-12,14H,3-4,13H2,1-2H3,(H,24,28)(H,25,26,29). The fraction of sp³-hybridized carbons (Fsp3) is 0.217. The maximum atomic E-state index is 12.2. The van der Waals surface area contributed by atoms with Gasteiger partial charge in [0, 0.05) is 35.5 Å². The highest BCUT2D eigenvalue weighted by Gasteiger charge is 2.09. The minimum atomic E-state index is -0.127. The smallest absolute Gasteiger partial charge is 0.226 e. The normalized spacial score (nSPS) is 10.4. The molecule has 31 heavy (non-hydrogen) atoms. The van der Waals surface area contributed by atoms with Crippen molar-refractivity contribution in [3.63, 3.8) is 0 Å². The van der Waals surface area contributed by atoms with E-state index in [4.69, 9.17) is 4.74 Å². The van der Waals surface area contributed by atoms with Crippen molar-refractivity contribution in [3.8, 4) is 17.0 Å². The largest absolute Gasteiger partial charge is 0.494 e. The van der Waals surface area contributed by atoms with Crippen LogP contribution in [-0.2, 0) is 9.59 Å². The van der Waals surface area contributed by atoms with Gasteiger partial charge < -0.3 is 15.4 Å². The zero-order valence-corrected chi connectivity index (χ0v) is 18.1. The number of nitrogens with zero attached hydrogens (tertiary/aromatic N) is 1. The van der Waals surface area contributed by atoms with Crippen LogP contribution in [0.2, 0.25) is 0 Å². The minimum absolute atomic E-state index is 0.00979. The highest BCUT2D eigenvalue weighted by Crippen LogP contribution is 2.26. The third-order valence-electron chi connectivity index (χ3n) is 4.33. The van der Waals surface area contributed by atoms with Gasteiger partial charge in [0.1, 0.15) is 5.75 Å². The Balaban J connectivity index is 1.43. The second-order valence-electron chi connectivity index (χ2n) is 6.88. The molecule has 0 saturated heterocycles. The van der Waals surface area contributed by atoms with Crippen molar-refractivity contribution in [2.75, 3.05) is 17.2 Å². The van der Waals surface area contributed by atoms with Gasteiger partial charge in [-0.25, -0.2) is 4.98 Å². The molecule has 0 atom stereocenters. The Hall–Kier alpha value is -3.52.